The van der Waals surface area contributed by atoms with E-state index < -0.39 is 6.17 Å². The molecular formula is C17H16Br2N2O3S. The number of benzene rings is 1. The van der Waals surface area contributed by atoms with Gasteiger partial charge in [0.25, 0.3) is 5.91 Å². The van der Waals surface area contributed by atoms with E-state index >= 15 is 0 Å². The van der Waals surface area contributed by atoms with Gasteiger partial charge < -0.3 is 20.8 Å². The number of amides is 1. The van der Waals surface area contributed by atoms with Crippen molar-refractivity contribution in [1.29, 1.82) is 0 Å². The predicted octanol–water partition coefficient (Wildman–Crippen LogP) is 4.66. The summed E-state index contributed by atoms with van der Waals surface area (Å²) in [5, 5.41) is 27.4. The van der Waals surface area contributed by atoms with Crippen LogP contribution in [0.25, 0.3) is 0 Å². The van der Waals surface area contributed by atoms with E-state index in [0.29, 0.717) is 16.0 Å². The van der Waals surface area contributed by atoms with Crippen molar-refractivity contribution in [3.8, 4) is 11.5 Å². The fraction of sp³-hybridized carbons (Fsp3) is 0.353. The Morgan fingerprint density at radius 2 is 2.00 bits per heavy atom. The maximum absolute atomic E-state index is 12.7. The SMILES string of the molecule is C[C@H]1CCc2c(sc3c2C(=O)N[C@H](c2cc(Br)c(O)c(Br)c2O)N3)C1. The zero-order valence-corrected chi connectivity index (χ0v) is 17.3. The van der Waals surface area contributed by atoms with Gasteiger partial charge in [0, 0.05) is 10.4 Å². The van der Waals surface area contributed by atoms with Crippen LogP contribution in [-0.2, 0) is 12.8 Å². The number of phenols is 2. The van der Waals surface area contributed by atoms with Crippen LogP contribution < -0.4 is 10.6 Å². The Balaban J connectivity index is 1.75. The van der Waals surface area contributed by atoms with Crippen LogP contribution in [0.15, 0.2) is 15.0 Å². The molecule has 0 radical (unpaired) electrons. The molecule has 0 bridgehead atoms. The molecule has 2 heterocycles. The minimum absolute atomic E-state index is 0.0790. The lowest BCUT2D eigenvalue weighted by atomic mass is 9.88. The average Bonchev–Trinajstić information content (AvgIpc) is 2.93. The molecule has 1 aromatic heterocycles. The molecule has 132 valence electrons. The smallest absolute Gasteiger partial charge is 0.256 e. The lowest BCUT2D eigenvalue weighted by molar-refractivity contribution is 0.0935. The van der Waals surface area contributed by atoms with Crippen LogP contribution in [0.2, 0.25) is 0 Å². The van der Waals surface area contributed by atoms with Crippen molar-refractivity contribution < 1.29 is 15.0 Å². The highest BCUT2D eigenvalue weighted by Crippen LogP contribution is 2.46. The third-order valence-corrected chi connectivity index (χ3v) is 7.34. The molecule has 2 aromatic rings. The first-order valence-electron chi connectivity index (χ1n) is 7.98. The molecule has 25 heavy (non-hydrogen) atoms. The van der Waals surface area contributed by atoms with Crippen molar-refractivity contribution >= 4 is 54.1 Å². The molecule has 1 aliphatic heterocycles. The van der Waals surface area contributed by atoms with Crippen LogP contribution in [0.1, 0.15) is 45.9 Å². The van der Waals surface area contributed by atoms with Gasteiger partial charge in [-0.1, -0.05) is 6.92 Å². The number of phenolic OH excluding ortho intramolecular Hbond substituents is 2. The second-order valence-electron chi connectivity index (χ2n) is 6.57. The maximum atomic E-state index is 12.7. The van der Waals surface area contributed by atoms with Gasteiger partial charge in [-0.15, -0.1) is 11.3 Å². The normalized spacial score (nSPS) is 22.0. The van der Waals surface area contributed by atoms with Crippen molar-refractivity contribution in [2.75, 3.05) is 5.32 Å². The number of halogens is 2. The highest BCUT2D eigenvalue weighted by molar-refractivity contribution is 9.11. The van der Waals surface area contributed by atoms with Gasteiger partial charge in [0.1, 0.15) is 27.1 Å². The Hall–Kier alpha value is -1.25. The Bertz CT molecular complexity index is 897. The molecule has 8 heteroatoms. The number of hydrogen-bond acceptors (Lipinski definition) is 5. The van der Waals surface area contributed by atoms with E-state index in [-0.39, 0.29) is 21.9 Å². The maximum Gasteiger partial charge on any atom is 0.256 e. The van der Waals surface area contributed by atoms with Gasteiger partial charge in [0.05, 0.1) is 10.0 Å². The van der Waals surface area contributed by atoms with E-state index in [1.54, 1.807) is 17.4 Å². The van der Waals surface area contributed by atoms with E-state index in [2.05, 4.69) is 49.4 Å². The van der Waals surface area contributed by atoms with Gasteiger partial charge >= 0.3 is 0 Å². The van der Waals surface area contributed by atoms with Crippen LogP contribution in [0.5, 0.6) is 11.5 Å². The van der Waals surface area contributed by atoms with Gasteiger partial charge in [-0.05, 0) is 68.7 Å². The molecule has 5 nitrogen and oxygen atoms in total. The molecule has 4 rings (SSSR count). The molecule has 4 N–H and O–H groups in total. The minimum atomic E-state index is -0.564. The highest BCUT2D eigenvalue weighted by Gasteiger charge is 2.34. The molecule has 0 saturated carbocycles. The number of nitrogens with one attached hydrogen (secondary N) is 2. The first kappa shape index (κ1) is 17.2. The van der Waals surface area contributed by atoms with Gasteiger partial charge in [0.2, 0.25) is 0 Å². The lowest BCUT2D eigenvalue weighted by Crippen LogP contribution is -2.38. The standard InChI is InChI=1S/C17H16Br2N2O3S/c1-6-2-3-7-10(4-6)25-17-11(7)16(24)20-15(21-17)8-5-9(18)14(23)12(19)13(8)22/h5-6,15,21-23H,2-4H2,1H3,(H,20,24)/t6-,15-/m0/s1. The van der Waals surface area contributed by atoms with Crippen LogP contribution in [0.3, 0.4) is 0 Å². The summed E-state index contributed by atoms with van der Waals surface area (Å²) < 4.78 is 0.631. The van der Waals surface area contributed by atoms with Gasteiger partial charge in [0.15, 0.2) is 0 Å². The lowest BCUT2D eigenvalue weighted by Gasteiger charge is -2.28. The van der Waals surface area contributed by atoms with Crippen molar-refractivity contribution in [2.45, 2.75) is 32.4 Å². The van der Waals surface area contributed by atoms with Crippen LogP contribution >= 0.6 is 43.2 Å². The zero-order chi connectivity index (χ0) is 17.9. The summed E-state index contributed by atoms with van der Waals surface area (Å²) in [5.41, 5.74) is 2.40. The van der Waals surface area contributed by atoms with E-state index in [0.717, 1.165) is 29.8 Å². The number of fused-ring (bicyclic) bond motifs is 3. The first-order valence-corrected chi connectivity index (χ1v) is 10.4. The summed E-state index contributed by atoms with van der Waals surface area (Å²) in [4.78, 5) is 14.0. The van der Waals surface area contributed by atoms with E-state index in [1.807, 2.05) is 0 Å². The van der Waals surface area contributed by atoms with Crippen LogP contribution in [0.4, 0.5) is 5.00 Å². The van der Waals surface area contributed by atoms with Crippen molar-refractivity contribution in [3.63, 3.8) is 0 Å². The van der Waals surface area contributed by atoms with Crippen LogP contribution in [0, 0.1) is 5.92 Å². The molecule has 1 aromatic carbocycles. The summed E-state index contributed by atoms with van der Waals surface area (Å²) in [6, 6.07) is 1.61. The van der Waals surface area contributed by atoms with Crippen molar-refractivity contribution in [3.05, 3.63) is 36.6 Å². The van der Waals surface area contributed by atoms with E-state index in [4.69, 9.17) is 0 Å². The minimum Gasteiger partial charge on any atom is -0.506 e. The zero-order valence-electron chi connectivity index (χ0n) is 13.3. The molecule has 2 atom stereocenters. The van der Waals surface area contributed by atoms with Crippen molar-refractivity contribution in [2.24, 2.45) is 5.92 Å². The number of carbonyl (C=O) groups excluding carboxylic acids is 1. The summed E-state index contributed by atoms with van der Waals surface area (Å²) >= 11 is 8.08. The Kier molecular flexibility index (Phi) is 4.24. The molecule has 0 fully saturated rings. The average molecular weight is 488 g/mol. The third-order valence-electron chi connectivity index (χ3n) is 4.80. The van der Waals surface area contributed by atoms with Gasteiger partial charge in [-0.3, -0.25) is 4.79 Å². The van der Waals surface area contributed by atoms with Crippen LogP contribution in [-0.4, -0.2) is 16.1 Å². The fourth-order valence-corrected chi connectivity index (χ4v) is 6.05. The van der Waals surface area contributed by atoms with E-state index in [1.165, 1.54) is 10.4 Å². The van der Waals surface area contributed by atoms with Gasteiger partial charge in [-0.2, -0.15) is 0 Å². The number of anilines is 1. The number of aromatic hydroxyl groups is 2. The van der Waals surface area contributed by atoms with E-state index in [9.17, 15) is 15.0 Å². The quantitative estimate of drug-likeness (QED) is 0.471. The molecular weight excluding hydrogens is 472 g/mol. The summed E-state index contributed by atoms with van der Waals surface area (Å²) in [7, 11) is 0. The summed E-state index contributed by atoms with van der Waals surface area (Å²) in [6.45, 7) is 2.24. The molecule has 1 aliphatic carbocycles. The molecule has 0 spiro atoms. The summed E-state index contributed by atoms with van der Waals surface area (Å²) in [6.07, 6.45) is 2.48. The molecule has 1 amide bonds. The van der Waals surface area contributed by atoms with Crippen molar-refractivity contribution in [1.82, 2.24) is 5.32 Å². The highest BCUT2D eigenvalue weighted by atomic mass is 79.9. The first-order chi connectivity index (χ1) is 11.9. The fourth-order valence-electron chi connectivity index (χ4n) is 3.46. The van der Waals surface area contributed by atoms with Gasteiger partial charge in [-0.25, -0.2) is 0 Å². The predicted molar refractivity (Wildman–Crippen MR) is 105 cm³/mol. The Morgan fingerprint density at radius 1 is 1.24 bits per heavy atom. The topological polar surface area (TPSA) is 81.6 Å². The molecule has 0 saturated heterocycles. The molecule has 2 aliphatic rings. The Morgan fingerprint density at radius 3 is 2.76 bits per heavy atom. The number of thiophene rings is 1. The largest absolute Gasteiger partial charge is 0.506 e. The molecule has 0 unspecified atom stereocenters. The second-order valence-corrected chi connectivity index (χ2v) is 9.32. The number of hydrogen-bond donors (Lipinski definition) is 4. The third kappa shape index (κ3) is 2.74. The number of carbonyl (C=O) groups is 1. The monoisotopic (exact) mass is 486 g/mol. The number of rotatable bonds is 1. The second kappa shape index (κ2) is 6.17. The Labute approximate surface area is 165 Å². The summed E-state index contributed by atoms with van der Waals surface area (Å²) in [5.74, 6) is 0.339.